The zero-order chi connectivity index (χ0) is 19.7. The number of amides is 1. The number of benzene rings is 1. The fraction of sp³-hybridized carbons (Fsp3) is 0.375. The van der Waals surface area contributed by atoms with Gasteiger partial charge in [0.15, 0.2) is 5.76 Å². The van der Waals surface area contributed by atoms with Crippen molar-refractivity contribution in [2.75, 3.05) is 11.5 Å². The van der Waals surface area contributed by atoms with Crippen molar-refractivity contribution < 1.29 is 27.3 Å². The molecule has 0 saturated carbocycles. The van der Waals surface area contributed by atoms with Crippen LogP contribution in [-0.4, -0.2) is 41.7 Å². The van der Waals surface area contributed by atoms with Gasteiger partial charge < -0.3 is 4.52 Å². The molecule has 146 valence electrons. The lowest BCUT2D eigenvalue weighted by atomic mass is 9.91. The molecular formula is C16H17ClFN3O5S. The maximum absolute atomic E-state index is 13.5. The second-order valence-corrected chi connectivity index (χ2v) is 9.11. The topological polar surface area (TPSA) is 122 Å². The van der Waals surface area contributed by atoms with E-state index in [1.54, 1.807) is 11.5 Å². The zero-order valence-corrected chi connectivity index (χ0v) is 15.6. The molecule has 0 spiro atoms. The van der Waals surface area contributed by atoms with E-state index in [2.05, 4.69) is 10.5 Å². The molecule has 0 aliphatic carbocycles. The largest absolute Gasteiger partial charge is 0.356 e. The third kappa shape index (κ3) is 4.46. The summed E-state index contributed by atoms with van der Waals surface area (Å²) < 4.78 is 42.0. The van der Waals surface area contributed by atoms with Crippen molar-refractivity contribution in [3.63, 3.8) is 0 Å². The molecular weight excluding hydrogens is 401 g/mol. The van der Waals surface area contributed by atoms with Crippen LogP contribution in [0, 0.1) is 5.82 Å². The number of aromatic nitrogens is 1. The number of hydroxylamine groups is 1. The summed E-state index contributed by atoms with van der Waals surface area (Å²) in [7, 11) is -3.20. The lowest BCUT2D eigenvalue weighted by molar-refractivity contribution is -0.136. The molecule has 0 atom stereocenters. The molecule has 0 bridgehead atoms. The Bertz CT molecular complexity index is 928. The highest BCUT2D eigenvalue weighted by molar-refractivity contribution is 7.91. The fourth-order valence-corrected chi connectivity index (χ4v) is 4.71. The lowest BCUT2D eigenvalue weighted by Crippen LogP contribution is -2.59. The number of nitrogens with one attached hydrogen (secondary N) is 2. The first kappa shape index (κ1) is 19.7. The second-order valence-electron chi connectivity index (χ2n) is 6.37. The minimum atomic E-state index is -3.20. The average Bonchev–Trinajstić information content (AvgIpc) is 3.09. The van der Waals surface area contributed by atoms with Gasteiger partial charge in [-0.1, -0.05) is 16.8 Å². The van der Waals surface area contributed by atoms with Gasteiger partial charge in [-0.3, -0.25) is 15.3 Å². The van der Waals surface area contributed by atoms with E-state index in [-0.39, 0.29) is 35.9 Å². The summed E-state index contributed by atoms with van der Waals surface area (Å²) >= 11 is 5.83. The number of carbonyl (C=O) groups excluding carboxylic acids is 1. The van der Waals surface area contributed by atoms with Crippen LogP contribution in [0.1, 0.15) is 18.5 Å². The minimum absolute atomic E-state index is 0.0198. The Labute approximate surface area is 159 Å². The molecule has 1 aliphatic heterocycles. The quantitative estimate of drug-likeness (QED) is 0.499. The molecule has 27 heavy (non-hydrogen) atoms. The van der Waals surface area contributed by atoms with Crippen LogP contribution in [0.2, 0.25) is 5.02 Å². The number of nitrogens with zero attached hydrogens (tertiary/aromatic N) is 1. The SMILES string of the molecule is O=C(NO)C1(NCc2cc(-c3cc(F)cc(Cl)c3)on2)CCS(=O)(=O)CC1. The highest BCUT2D eigenvalue weighted by Crippen LogP contribution is 2.27. The minimum Gasteiger partial charge on any atom is -0.356 e. The number of sulfone groups is 1. The summed E-state index contributed by atoms with van der Waals surface area (Å²) in [5, 5.41) is 16.1. The van der Waals surface area contributed by atoms with E-state index in [0.29, 0.717) is 17.0 Å². The Morgan fingerprint density at radius 3 is 2.63 bits per heavy atom. The van der Waals surface area contributed by atoms with E-state index >= 15 is 0 Å². The lowest BCUT2D eigenvalue weighted by Gasteiger charge is -2.35. The molecule has 1 saturated heterocycles. The molecule has 0 radical (unpaired) electrons. The molecule has 1 aromatic carbocycles. The molecule has 8 nitrogen and oxygen atoms in total. The number of hydrogen-bond acceptors (Lipinski definition) is 7. The van der Waals surface area contributed by atoms with Gasteiger partial charge in [-0.05, 0) is 31.0 Å². The van der Waals surface area contributed by atoms with Crippen molar-refractivity contribution in [2.24, 2.45) is 0 Å². The molecule has 1 fully saturated rings. The predicted octanol–water partition coefficient (Wildman–Crippen LogP) is 1.68. The summed E-state index contributed by atoms with van der Waals surface area (Å²) in [6.07, 6.45) is 0.0396. The molecule has 1 aliphatic rings. The van der Waals surface area contributed by atoms with E-state index in [9.17, 15) is 17.6 Å². The first-order chi connectivity index (χ1) is 12.7. The molecule has 1 amide bonds. The summed E-state index contributed by atoms with van der Waals surface area (Å²) in [6, 6.07) is 5.49. The van der Waals surface area contributed by atoms with E-state index in [4.69, 9.17) is 21.3 Å². The van der Waals surface area contributed by atoms with Gasteiger partial charge in [0.05, 0.1) is 17.2 Å². The third-order valence-corrected chi connectivity index (χ3v) is 6.40. The third-order valence-electron chi connectivity index (χ3n) is 4.53. The van der Waals surface area contributed by atoms with E-state index in [1.807, 2.05) is 0 Å². The van der Waals surface area contributed by atoms with Crippen LogP contribution in [0.25, 0.3) is 11.3 Å². The zero-order valence-electron chi connectivity index (χ0n) is 14.0. The van der Waals surface area contributed by atoms with Crippen LogP contribution in [0.5, 0.6) is 0 Å². The summed E-state index contributed by atoms with van der Waals surface area (Å²) in [6.45, 7) is 0.0833. The van der Waals surface area contributed by atoms with Gasteiger partial charge in [-0.15, -0.1) is 0 Å². The van der Waals surface area contributed by atoms with Crippen molar-refractivity contribution in [3.8, 4) is 11.3 Å². The molecule has 3 N–H and O–H groups in total. The summed E-state index contributed by atoms with van der Waals surface area (Å²) in [5.74, 6) is -1.27. The van der Waals surface area contributed by atoms with Crippen LogP contribution in [0.15, 0.2) is 28.8 Å². The summed E-state index contributed by atoms with van der Waals surface area (Å²) in [5.41, 5.74) is 1.18. The highest BCUT2D eigenvalue weighted by atomic mass is 35.5. The Balaban J connectivity index is 1.75. The Morgan fingerprint density at radius 1 is 1.30 bits per heavy atom. The molecule has 11 heteroatoms. The maximum Gasteiger partial charge on any atom is 0.263 e. The number of rotatable bonds is 5. The van der Waals surface area contributed by atoms with Gasteiger partial charge in [-0.25, -0.2) is 18.3 Å². The van der Waals surface area contributed by atoms with Gasteiger partial charge >= 0.3 is 0 Å². The standard InChI is InChI=1S/C16H17ClFN3O5S/c17-11-5-10(6-12(18)7-11)14-8-13(21-26-14)9-19-16(15(22)20-23)1-3-27(24,25)4-2-16/h5-8,19,23H,1-4,9H2,(H,20,22). The molecule has 2 aromatic rings. The van der Waals surface area contributed by atoms with Crippen LogP contribution in [-0.2, 0) is 21.2 Å². The van der Waals surface area contributed by atoms with Gasteiger partial charge in [0.25, 0.3) is 5.91 Å². The predicted molar refractivity (Wildman–Crippen MR) is 94.3 cm³/mol. The first-order valence-electron chi connectivity index (χ1n) is 8.05. The normalized spacial score (nSPS) is 18.2. The number of hydrogen-bond donors (Lipinski definition) is 3. The van der Waals surface area contributed by atoms with Crippen molar-refractivity contribution in [2.45, 2.75) is 24.9 Å². The number of halogens is 2. The average molecular weight is 418 g/mol. The van der Waals surface area contributed by atoms with Crippen LogP contribution < -0.4 is 10.8 Å². The van der Waals surface area contributed by atoms with Gasteiger partial charge in [-0.2, -0.15) is 0 Å². The Kier molecular flexibility index (Phi) is 5.52. The van der Waals surface area contributed by atoms with Crippen LogP contribution >= 0.6 is 11.6 Å². The Hall–Kier alpha value is -2.01. The van der Waals surface area contributed by atoms with E-state index < -0.39 is 27.1 Å². The van der Waals surface area contributed by atoms with Crippen LogP contribution in [0.4, 0.5) is 4.39 Å². The first-order valence-corrected chi connectivity index (χ1v) is 10.2. The summed E-state index contributed by atoms with van der Waals surface area (Å²) in [4.78, 5) is 12.1. The van der Waals surface area contributed by atoms with Crippen LogP contribution in [0.3, 0.4) is 0 Å². The van der Waals surface area contributed by atoms with Crippen molar-refractivity contribution in [3.05, 3.63) is 40.8 Å². The van der Waals surface area contributed by atoms with Gasteiger partial charge in [0.2, 0.25) is 0 Å². The molecule has 0 unspecified atom stereocenters. The maximum atomic E-state index is 13.5. The smallest absolute Gasteiger partial charge is 0.263 e. The van der Waals surface area contributed by atoms with Gasteiger partial charge in [0.1, 0.15) is 21.2 Å². The van der Waals surface area contributed by atoms with Crippen molar-refractivity contribution >= 4 is 27.3 Å². The Morgan fingerprint density at radius 2 is 2.00 bits per heavy atom. The fourth-order valence-electron chi connectivity index (χ4n) is 2.96. The second kappa shape index (κ2) is 7.55. The van der Waals surface area contributed by atoms with Gasteiger partial charge in [0, 0.05) is 23.2 Å². The van der Waals surface area contributed by atoms with E-state index in [0.717, 1.165) is 6.07 Å². The monoisotopic (exact) mass is 417 g/mol. The molecule has 1 aromatic heterocycles. The van der Waals surface area contributed by atoms with E-state index in [1.165, 1.54) is 12.1 Å². The molecule has 3 rings (SSSR count). The highest BCUT2D eigenvalue weighted by Gasteiger charge is 2.43. The van der Waals surface area contributed by atoms with Crippen molar-refractivity contribution in [1.82, 2.24) is 16.0 Å². The van der Waals surface area contributed by atoms with Crippen molar-refractivity contribution in [1.29, 1.82) is 0 Å². The number of carbonyl (C=O) groups is 1. The molecule has 2 heterocycles.